The van der Waals surface area contributed by atoms with E-state index in [1.54, 1.807) is 0 Å². The molecule has 0 unspecified atom stereocenters. The highest BCUT2D eigenvalue weighted by atomic mass is 16.5. The molecular formula is C15H22N2O2. The molecule has 0 saturated carbocycles. The summed E-state index contributed by atoms with van der Waals surface area (Å²) in [6.07, 6.45) is 1.08. The van der Waals surface area contributed by atoms with E-state index in [4.69, 9.17) is 9.47 Å². The van der Waals surface area contributed by atoms with Crippen LogP contribution in [0.4, 0.5) is 0 Å². The number of benzene rings is 1. The first-order chi connectivity index (χ1) is 9.43. The van der Waals surface area contributed by atoms with Crippen molar-refractivity contribution in [1.82, 2.24) is 10.2 Å². The number of rotatable bonds is 5. The molecule has 19 heavy (non-hydrogen) atoms. The Labute approximate surface area is 114 Å². The van der Waals surface area contributed by atoms with Gasteiger partial charge in [0, 0.05) is 38.3 Å². The smallest absolute Gasteiger partial charge is 0.124 e. The summed E-state index contributed by atoms with van der Waals surface area (Å²) in [6, 6.07) is 6.35. The predicted molar refractivity (Wildman–Crippen MR) is 74.4 cm³/mol. The predicted octanol–water partition coefficient (Wildman–Crippen LogP) is 1.39. The number of hydrogen-bond acceptors (Lipinski definition) is 4. The molecule has 0 amide bonds. The standard InChI is InChI=1S/C15H22N2O2/c1-3-13-11-16-12-14(13)15(4-1)19-8-2-5-17-6-9-18-10-7-17/h1,3-4,16H,2,5-12H2. The van der Waals surface area contributed by atoms with Gasteiger partial charge in [-0.3, -0.25) is 4.90 Å². The molecule has 4 heteroatoms. The molecule has 1 N–H and O–H groups in total. The first-order valence-corrected chi connectivity index (χ1v) is 7.18. The van der Waals surface area contributed by atoms with Crippen molar-refractivity contribution >= 4 is 0 Å². The van der Waals surface area contributed by atoms with Gasteiger partial charge < -0.3 is 14.8 Å². The van der Waals surface area contributed by atoms with Crippen molar-refractivity contribution in [2.75, 3.05) is 39.5 Å². The summed E-state index contributed by atoms with van der Waals surface area (Å²) in [5.74, 6) is 1.06. The van der Waals surface area contributed by atoms with Crippen molar-refractivity contribution in [3.8, 4) is 5.75 Å². The lowest BCUT2D eigenvalue weighted by Crippen LogP contribution is -2.37. The lowest BCUT2D eigenvalue weighted by atomic mass is 10.1. The number of morpholine rings is 1. The van der Waals surface area contributed by atoms with E-state index in [0.29, 0.717) is 0 Å². The van der Waals surface area contributed by atoms with Crippen molar-refractivity contribution in [3.05, 3.63) is 29.3 Å². The molecule has 2 aliphatic rings. The van der Waals surface area contributed by atoms with Gasteiger partial charge in [0.25, 0.3) is 0 Å². The van der Waals surface area contributed by atoms with Crippen molar-refractivity contribution < 1.29 is 9.47 Å². The number of hydrogen-bond donors (Lipinski definition) is 1. The fourth-order valence-corrected chi connectivity index (χ4v) is 2.73. The average Bonchev–Trinajstić information content (AvgIpc) is 2.94. The van der Waals surface area contributed by atoms with E-state index in [-0.39, 0.29) is 0 Å². The molecule has 2 heterocycles. The summed E-state index contributed by atoms with van der Waals surface area (Å²) in [5, 5.41) is 3.37. The van der Waals surface area contributed by atoms with Gasteiger partial charge in [-0.1, -0.05) is 12.1 Å². The molecule has 0 bridgehead atoms. The highest BCUT2D eigenvalue weighted by Crippen LogP contribution is 2.26. The van der Waals surface area contributed by atoms with Gasteiger partial charge in [-0.2, -0.15) is 0 Å². The molecule has 0 aromatic heterocycles. The summed E-state index contributed by atoms with van der Waals surface area (Å²) in [4.78, 5) is 2.45. The third kappa shape index (κ3) is 3.26. The van der Waals surface area contributed by atoms with Crippen molar-refractivity contribution in [2.45, 2.75) is 19.5 Å². The third-order valence-electron chi connectivity index (χ3n) is 3.83. The maximum atomic E-state index is 5.94. The highest BCUT2D eigenvalue weighted by Gasteiger charge is 2.14. The van der Waals surface area contributed by atoms with Crippen molar-refractivity contribution in [1.29, 1.82) is 0 Å². The summed E-state index contributed by atoms with van der Waals surface area (Å²) in [7, 11) is 0. The summed E-state index contributed by atoms with van der Waals surface area (Å²) >= 11 is 0. The maximum absolute atomic E-state index is 5.94. The molecule has 3 rings (SSSR count). The van der Waals surface area contributed by atoms with Crippen LogP contribution in [-0.4, -0.2) is 44.4 Å². The fourth-order valence-electron chi connectivity index (χ4n) is 2.73. The van der Waals surface area contributed by atoms with Gasteiger partial charge in [0.15, 0.2) is 0 Å². The van der Waals surface area contributed by atoms with Gasteiger partial charge in [-0.25, -0.2) is 0 Å². The summed E-state index contributed by atoms with van der Waals surface area (Å²) in [5.41, 5.74) is 2.72. The molecule has 1 fully saturated rings. The number of ether oxygens (including phenoxy) is 2. The van der Waals surface area contributed by atoms with E-state index >= 15 is 0 Å². The van der Waals surface area contributed by atoms with Crippen LogP contribution < -0.4 is 10.1 Å². The number of nitrogens with zero attached hydrogens (tertiary/aromatic N) is 1. The average molecular weight is 262 g/mol. The Bertz CT molecular complexity index is 417. The van der Waals surface area contributed by atoms with E-state index < -0.39 is 0 Å². The Morgan fingerprint density at radius 2 is 2.11 bits per heavy atom. The van der Waals surface area contributed by atoms with Gasteiger partial charge in [0.2, 0.25) is 0 Å². The van der Waals surface area contributed by atoms with E-state index in [9.17, 15) is 0 Å². The van der Waals surface area contributed by atoms with Gasteiger partial charge in [0.05, 0.1) is 19.8 Å². The normalized spacial score (nSPS) is 19.4. The van der Waals surface area contributed by atoms with Gasteiger partial charge in [0.1, 0.15) is 5.75 Å². The molecule has 0 spiro atoms. The van der Waals surface area contributed by atoms with Crippen LogP contribution in [0.25, 0.3) is 0 Å². The minimum absolute atomic E-state index is 0.799. The molecule has 0 radical (unpaired) electrons. The first-order valence-electron chi connectivity index (χ1n) is 7.18. The number of nitrogens with one attached hydrogen (secondary N) is 1. The molecule has 2 aliphatic heterocycles. The molecule has 1 aromatic carbocycles. The van der Waals surface area contributed by atoms with E-state index in [2.05, 4.69) is 28.4 Å². The monoisotopic (exact) mass is 262 g/mol. The largest absolute Gasteiger partial charge is 0.493 e. The summed E-state index contributed by atoms with van der Waals surface area (Å²) in [6.45, 7) is 7.69. The van der Waals surface area contributed by atoms with Crippen LogP contribution in [-0.2, 0) is 17.8 Å². The summed E-state index contributed by atoms with van der Waals surface area (Å²) < 4.78 is 11.3. The number of fused-ring (bicyclic) bond motifs is 1. The Morgan fingerprint density at radius 3 is 3.00 bits per heavy atom. The minimum atomic E-state index is 0.799. The van der Waals surface area contributed by atoms with E-state index in [1.807, 2.05) is 0 Å². The van der Waals surface area contributed by atoms with Crippen molar-refractivity contribution in [2.24, 2.45) is 0 Å². The van der Waals surface area contributed by atoms with Crippen LogP contribution in [0.2, 0.25) is 0 Å². The van der Waals surface area contributed by atoms with E-state index in [0.717, 1.165) is 64.7 Å². The molecular weight excluding hydrogens is 240 g/mol. The van der Waals surface area contributed by atoms with Crippen LogP contribution in [0.5, 0.6) is 5.75 Å². The lowest BCUT2D eigenvalue weighted by molar-refractivity contribution is 0.0358. The zero-order valence-corrected chi connectivity index (χ0v) is 11.4. The first kappa shape index (κ1) is 12.9. The second-order valence-electron chi connectivity index (χ2n) is 5.15. The third-order valence-corrected chi connectivity index (χ3v) is 3.83. The maximum Gasteiger partial charge on any atom is 0.124 e. The van der Waals surface area contributed by atoms with Crippen LogP contribution >= 0.6 is 0 Å². The molecule has 4 nitrogen and oxygen atoms in total. The Balaban J connectivity index is 1.44. The van der Waals surface area contributed by atoms with Gasteiger partial charge >= 0.3 is 0 Å². The molecule has 0 atom stereocenters. The second-order valence-corrected chi connectivity index (χ2v) is 5.15. The van der Waals surface area contributed by atoms with Crippen LogP contribution in [0, 0.1) is 0 Å². The highest BCUT2D eigenvalue weighted by molar-refractivity contribution is 5.42. The van der Waals surface area contributed by atoms with Crippen LogP contribution in [0.15, 0.2) is 18.2 Å². The molecule has 104 valence electrons. The van der Waals surface area contributed by atoms with Crippen LogP contribution in [0.1, 0.15) is 17.5 Å². The van der Waals surface area contributed by atoms with E-state index in [1.165, 1.54) is 11.1 Å². The Kier molecular flexibility index (Phi) is 4.33. The molecule has 1 saturated heterocycles. The van der Waals surface area contributed by atoms with Crippen LogP contribution in [0.3, 0.4) is 0 Å². The fraction of sp³-hybridized carbons (Fsp3) is 0.600. The quantitative estimate of drug-likeness (QED) is 0.813. The lowest BCUT2D eigenvalue weighted by Gasteiger charge is -2.26. The zero-order chi connectivity index (χ0) is 12.9. The van der Waals surface area contributed by atoms with Gasteiger partial charge in [-0.05, 0) is 18.1 Å². The Morgan fingerprint density at radius 1 is 1.21 bits per heavy atom. The molecule has 1 aromatic rings. The SMILES string of the molecule is c1cc2c(c(OCCCN3CCOCC3)c1)CNC2. The minimum Gasteiger partial charge on any atom is -0.493 e. The second kappa shape index (κ2) is 6.37. The Hall–Kier alpha value is -1.10. The zero-order valence-electron chi connectivity index (χ0n) is 11.4. The molecule has 0 aliphatic carbocycles. The van der Waals surface area contributed by atoms with Gasteiger partial charge in [-0.15, -0.1) is 0 Å². The van der Waals surface area contributed by atoms with Crippen molar-refractivity contribution in [3.63, 3.8) is 0 Å². The topological polar surface area (TPSA) is 33.7 Å².